The largest absolute Gasteiger partial charge is 0.352 e. The van der Waals surface area contributed by atoms with Crippen LogP contribution in [0.15, 0.2) is 12.3 Å². The Morgan fingerprint density at radius 2 is 2.47 bits per heavy atom. The molecule has 6 heteroatoms. The van der Waals surface area contributed by atoms with Gasteiger partial charge in [-0.3, -0.25) is 0 Å². The van der Waals surface area contributed by atoms with Crippen LogP contribution in [0.5, 0.6) is 0 Å². The molecule has 0 aromatic carbocycles. The van der Waals surface area contributed by atoms with Gasteiger partial charge in [-0.1, -0.05) is 6.92 Å². The highest BCUT2D eigenvalue weighted by Crippen LogP contribution is 2.17. The number of aromatic amines is 1. The third kappa shape index (κ3) is 2.68. The average molecular weight is 263 g/mol. The first kappa shape index (κ1) is 12.3. The Hall–Kier alpha value is -1.69. The van der Waals surface area contributed by atoms with Crippen LogP contribution in [0.4, 0.5) is 10.3 Å². The van der Waals surface area contributed by atoms with Gasteiger partial charge in [-0.2, -0.15) is 4.98 Å². The van der Waals surface area contributed by atoms with Crippen molar-refractivity contribution in [3.05, 3.63) is 18.1 Å². The summed E-state index contributed by atoms with van der Waals surface area (Å²) in [5.74, 6) is 0.327. The van der Waals surface area contributed by atoms with Gasteiger partial charge >= 0.3 is 0 Å². The lowest BCUT2D eigenvalue weighted by atomic mass is 10.1. The average Bonchev–Trinajstić information content (AvgIpc) is 2.80. The number of likely N-dealkylation sites (N-methyl/N-ethyl adjacent to an activating group) is 1. The van der Waals surface area contributed by atoms with Crippen molar-refractivity contribution in [2.24, 2.45) is 0 Å². The molecule has 2 aromatic heterocycles. The summed E-state index contributed by atoms with van der Waals surface area (Å²) >= 11 is 0. The van der Waals surface area contributed by atoms with Gasteiger partial charge in [-0.15, -0.1) is 0 Å². The molecule has 0 bridgehead atoms. The van der Waals surface area contributed by atoms with Gasteiger partial charge in [0, 0.05) is 18.7 Å². The summed E-state index contributed by atoms with van der Waals surface area (Å²) in [6.45, 7) is 5.44. The summed E-state index contributed by atoms with van der Waals surface area (Å²) in [5.41, 5.74) is 1.18. The minimum absolute atomic E-state index is 0.350. The molecule has 1 aliphatic heterocycles. The second-order valence-electron chi connectivity index (χ2n) is 4.99. The van der Waals surface area contributed by atoms with Crippen LogP contribution in [0.1, 0.15) is 19.8 Å². The van der Waals surface area contributed by atoms with Gasteiger partial charge in [0.1, 0.15) is 5.82 Å². The molecule has 2 aromatic rings. The zero-order valence-corrected chi connectivity index (χ0v) is 11.0. The number of pyridine rings is 1. The van der Waals surface area contributed by atoms with E-state index in [0.717, 1.165) is 19.5 Å². The number of rotatable bonds is 3. The van der Waals surface area contributed by atoms with Crippen molar-refractivity contribution in [2.75, 3.05) is 25.0 Å². The Labute approximate surface area is 111 Å². The van der Waals surface area contributed by atoms with E-state index in [4.69, 9.17) is 0 Å². The zero-order valence-electron chi connectivity index (χ0n) is 11.0. The number of imidazole rings is 1. The van der Waals surface area contributed by atoms with Gasteiger partial charge in [0.15, 0.2) is 5.65 Å². The molecule has 0 spiro atoms. The number of fused-ring (bicyclic) bond motifs is 1. The van der Waals surface area contributed by atoms with Gasteiger partial charge < -0.3 is 15.2 Å². The van der Waals surface area contributed by atoms with E-state index in [2.05, 4.69) is 32.1 Å². The van der Waals surface area contributed by atoms with E-state index in [1.807, 2.05) is 0 Å². The monoisotopic (exact) mass is 263 g/mol. The third-order valence-corrected chi connectivity index (χ3v) is 3.60. The molecule has 102 valence electrons. The van der Waals surface area contributed by atoms with Crippen LogP contribution in [-0.4, -0.2) is 45.5 Å². The number of nitrogens with zero attached hydrogens (tertiary/aromatic N) is 3. The zero-order chi connectivity index (χ0) is 13.2. The van der Waals surface area contributed by atoms with E-state index in [9.17, 15) is 4.39 Å². The van der Waals surface area contributed by atoms with E-state index in [1.165, 1.54) is 25.2 Å². The maximum atomic E-state index is 13.1. The van der Waals surface area contributed by atoms with Crippen molar-refractivity contribution in [1.29, 1.82) is 0 Å². The quantitative estimate of drug-likeness (QED) is 0.889. The SMILES string of the molecule is CCN1CCC[C@@H](Nc2nc3ncc(F)cc3[nH]2)C1. The highest BCUT2D eigenvalue weighted by atomic mass is 19.1. The molecule has 1 saturated heterocycles. The van der Waals surface area contributed by atoms with Crippen molar-refractivity contribution in [1.82, 2.24) is 19.9 Å². The summed E-state index contributed by atoms with van der Waals surface area (Å²) in [7, 11) is 0. The second kappa shape index (κ2) is 5.13. The molecule has 5 nitrogen and oxygen atoms in total. The number of piperidine rings is 1. The summed E-state index contributed by atoms with van der Waals surface area (Å²) < 4.78 is 13.1. The Morgan fingerprint density at radius 1 is 1.58 bits per heavy atom. The second-order valence-corrected chi connectivity index (χ2v) is 4.99. The molecular formula is C13H18FN5. The van der Waals surface area contributed by atoms with Crippen molar-refractivity contribution < 1.29 is 4.39 Å². The van der Waals surface area contributed by atoms with Crippen LogP contribution in [0.25, 0.3) is 11.2 Å². The lowest BCUT2D eigenvalue weighted by molar-refractivity contribution is 0.226. The minimum atomic E-state index is -0.350. The molecule has 1 aliphatic rings. The molecule has 1 atom stereocenters. The van der Waals surface area contributed by atoms with Crippen molar-refractivity contribution in [3.63, 3.8) is 0 Å². The van der Waals surface area contributed by atoms with Crippen LogP contribution in [-0.2, 0) is 0 Å². The Morgan fingerprint density at radius 3 is 3.32 bits per heavy atom. The van der Waals surface area contributed by atoms with Gasteiger partial charge in [-0.25, -0.2) is 9.37 Å². The fraction of sp³-hybridized carbons (Fsp3) is 0.538. The van der Waals surface area contributed by atoms with E-state index < -0.39 is 0 Å². The highest BCUT2D eigenvalue weighted by Gasteiger charge is 2.19. The first-order valence-corrected chi connectivity index (χ1v) is 6.74. The molecule has 0 radical (unpaired) electrons. The lowest BCUT2D eigenvalue weighted by Gasteiger charge is -2.32. The number of likely N-dealkylation sites (tertiary alicyclic amines) is 1. The lowest BCUT2D eigenvalue weighted by Crippen LogP contribution is -2.42. The van der Waals surface area contributed by atoms with E-state index in [0.29, 0.717) is 23.2 Å². The third-order valence-electron chi connectivity index (χ3n) is 3.60. The number of anilines is 1. The van der Waals surface area contributed by atoms with Crippen LogP contribution in [0, 0.1) is 5.82 Å². The van der Waals surface area contributed by atoms with Gasteiger partial charge in [0.25, 0.3) is 0 Å². The first-order valence-electron chi connectivity index (χ1n) is 6.74. The van der Waals surface area contributed by atoms with E-state index >= 15 is 0 Å². The van der Waals surface area contributed by atoms with Gasteiger partial charge in [0.05, 0.1) is 11.7 Å². The molecule has 0 amide bonds. The molecule has 19 heavy (non-hydrogen) atoms. The van der Waals surface area contributed by atoms with Gasteiger partial charge in [0.2, 0.25) is 5.95 Å². The number of nitrogens with one attached hydrogen (secondary N) is 2. The smallest absolute Gasteiger partial charge is 0.202 e. The number of hydrogen-bond acceptors (Lipinski definition) is 4. The summed E-state index contributed by atoms with van der Waals surface area (Å²) in [6, 6.07) is 1.80. The normalized spacial score (nSPS) is 20.8. The summed E-state index contributed by atoms with van der Waals surface area (Å²) in [4.78, 5) is 13.8. The molecule has 3 heterocycles. The van der Waals surface area contributed by atoms with Crippen molar-refractivity contribution >= 4 is 17.1 Å². The van der Waals surface area contributed by atoms with Crippen molar-refractivity contribution in [2.45, 2.75) is 25.8 Å². The molecule has 0 unspecified atom stereocenters. The van der Waals surface area contributed by atoms with Crippen LogP contribution >= 0.6 is 0 Å². The fourth-order valence-electron chi connectivity index (χ4n) is 2.60. The maximum Gasteiger partial charge on any atom is 0.202 e. The Balaban J connectivity index is 1.74. The first-order chi connectivity index (χ1) is 9.24. The number of H-pyrrole nitrogens is 1. The van der Waals surface area contributed by atoms with Crippen LogP contribution < -0.4 is 5.32 Å². The Kier molecular flexibility index (Phi) is 3.33. The number of halogens is 1. The highest BCUT2D eigenvalue weighted by molar-refractivity contribution is 5.73. The molecule has 0 aliphatic carbocycles. The standard InChI is InChI=1S/C13H18FN5/c1-2-19-5-3-4-10(8-19)16-13-17-11-6-9(14)7-15-12(11)18-13/h6-7,10H,2-5,8H2,1H3,(H2,15,16,17,18)/t10-/m1/s1. The molecule has 3 rings (SSSR count). The Bertz CT molecular complexity index is 567. The predicted octanol–water partition coefficient (Wildman–Crippen LogP) is 1.99. The molecule has 1 fully saturated rings. The summed E-state index contributed by atoms with van der Waals surface area (Å²) in [6.07, 6.45) is 3.51. The number of aromatic nitrogens is 3. The number of hydrogen-bond donors (Lipinski definition) is 2. The molecular weight excluding hydrogens is 245 g/mol. The summed E-state index contributed by atoms with van der Waals surface area (Å²) in [5, 5.41) is 3.38. The fourth-order valence-corrected chi connectivity index (χ4v) is 2.60. The van der Waals surface area contributed by atoms with Gasteiger partial charge in [-0.05, 0) is 25.9 Å². The van der Waals surface area contributed by atoms with E-state index in [1.54, 1.807) is 0 Å². The predicted molar refractivity (Wildman–Crippen MR) is 72.6 cm³/mol. The van der Waals surface area contributed by atoms with E-state index in [-0.39, 0.29) is 5.82 Å². The van der Waals surface area contributed by atoms with Crippen LogP contribution in [0.2, 0.25) is 0 Å². The minimum Gasteiger partial charge on any atom is -0.352 e. The van der Waals surface area contributed by atoms with Crippen LogP contribution in [0.3, 0.4) is 0 Å². The maximum absolute atomic E-state index is 13.1. The van der Waals surface area contributed by atoms with Crippen molar-refractivity contribution in [3.8, 4) is 0 Å². The molecule has 2 N–H and O–H groups in total. The topological polar surface area (TPSA) is 56.8 Å². The molecule has 0 saturated carbocycles.